The van der Waals surface area contributed by atoms with E-state index < -0.39 is 23.8 Å². The largest absolute Gasteiger partial charge is 0.512 e. The van der Waals surface area contributed by atoms with E-state index in [2.05, 4.69) is 38.2 Å². The van der Waals surface area contributed by atoms with Crippen LogP contribution in [0, 0.1) is 35.5 Å². The highest BCUT2D eigenvalue weighted by Gasteiger charge is 2.41. The molecule has 0 bridgehead atoms. The third-order valence-corrected chi connectivity index (χ3v) is 6.53. The second kappa shape index (κ2) is 8.98. The molecule has 4 heteroatoms. The van der Waals surface area contributed by atoms with Gasteiger partial charge in [0.25, 0.3) is 0 Å². The Morgan fingerprint density at radius 2 is 1.76 bits per heavy atom. The summed E-state index contributed by atoms with van der Waals surface area (Å²) in [7, 11) is 0. The molecular weight excluding hydrogens is 364 g/mol. The number of carbonyl (C=O) groups excluding carboxylic acids is 2. The molecule has 0 amide bonds. The quantitative estimate of drug-likeness (QED) is 0.351. The van der Waals surface area contributed by atoms with Gasteiger partial charge in [-0.15, -0.1) is 0 Å². The normalized spacial score (nSPS) is 40.5. The number of aliphatic hydroxyl groups is 1. The highest BCUT2D eigenvalue weighted by molar-refractivity contribution is 6.04. The number of hydrogen-bond donors (Lipinski definition) is 1. The second-order valence-corrected chi connectivity index (χ2v) is 8.77. The number of ketones is 1. The zero-order chi connectivity index (χ0) is 21.1. The maximum atomic E-state index is 12.7. The molecule has 0 fully saturated rings. The van der Waals surface area contributed by atoms with Gasteiger partial charge in [0.15, 0.2) is 5.78 Å². The molecule has 0 saturated carbocycles. The Morgan fingerprint density at radius 1 is 1.03 bits per heavy atom. The van der Waals surface area contributed by atoms with Gasteiger partial charge in [-0.25, -0.2) is 0 Å². The maximum Gasteiger partial charge on any atom is 0.317 e. The van der Waals surface area contributed by atoms with Crippen LogP contribution >= 0.6 is 0 Å². The van der Waals surface area contributed by atoms with E-state index in [1.165, 1.54) is 18.6 Å². The summed E-state index contributed by atoms with van der Waals surface area (Å²) in [5, 5.41) is 11.1. The van der Waals surface area contributed by atoms with E-state index >= 15 is 0 Å². The molecule has 0 radical (unpaired) electrons. The Kier molecular flexibility index (Phi) is 6.61. The van der Waals surface area contributed by atoms with Crippen LogP contribution < -0.4 is 0 Å². The number of cyclic esters (lactones) is 1. The van der Waals surface area contributed by atoms with Crippen molar-refractivity contribution in [2.45, 2.75) is 46.6 Å². The van der Waals surface area contributed by atoms with Gasteiger partial charge < -0.3 is 9.84 Å². The lowest BCUT2D eigenvalue weighted by atomic mass is 9.62. The van der Waals surface area contributed by atoms with Crippen molar-refractivity contribution < 1.29 is 19.4 Å². The third kappa shape index (κ3) is 4.80. The van der Waals surface area contributed by atoms with Crippen LogP contribution in [0.25, 0.3) is 0 Å². The lowest BCUT2D eigenvalue weighted by Gasteiger charge is -2.43. The fraction of sp³-hybridized carbons (Fsp3) is 0.520. The van der Waals surface area contributed by atoms with Crippen molar-refractivity contribution in [2.24, 2.45) is 35.5 Å². The molecule has 0 unspecified atom stereocenters. The summed E-state index contributed by atoms with van der Waals surface area (Å²) in [5.41, 5.74) is 1.37. The van der Waals surface area contributed by atoms with Crippen LogP contribution in [-0.4, -0.2) is 23.0 Å². The molecule has 156 valence electrons. The van der Waals surface area contributed by atoms with Crippen molar-refractivity contribution in [1.29, 1.82) is 0 Å². The number of rotatable bonds is 0. The van der Waals surface area contributed by atoms with Gasteiger partial charge in [-0.2, -0.15) is 0 Å². The summed E-state index contributed by atoms with van der Waals surface area (Å²) < 4.78 is 5.33. The average molecular weight is 397 g/mol. The van der Waals surface area contributed by atoms with Crippen molar-refractivity contribution in [3.05, 3.63) is 59.9 Å². The molecule has 3 aliphatic rings. The van der Waals surface area contributed by atoms with E-state index in [1.807, 2.05) is 12.2 Å². The first-order valence-corrected chi connectivity index (χ1v) is 10.6. The van der Waals surface area contributed by atoms with Gasteiger partial charge in [0.2, 0.25) is 0 Å². The lowest BCUT2D eigenvalue weighted by Crippen LogP contribution is -2.37. The molecule has 0 saturated heterocycles. The van der Waals surface area contributed by atoms with Gasteiger partial charge in [0.1, 0.15) is 12.0 Å². The smallest absolute Gasteiger partial charge is 0.317 e. The van der Waals surface area contributed by atoms with E-state index in [-0.39, 0.29) is 29.4 Å². The first kappa shape index (κ1) is 21.4. The molecule has 1 heterocycles. The van der Waals surface area contributed by atoms with E-state index in [9.17, 15) is 14.7 Å². The van der Waals surface area contributed by atoms with E-state index in [0.29, 0.717) is 5.92 Å². The van der Waals surface area contributed by atoms with Crippen LogP contribution in [0.2, 0.25) is 0 Å². The Balaban J connectivity index is 2.01. The Hall–Kier alpha value is -2.36. The molecule has 0 aromatic rings. The van der Waals surface area contributed by atoms with Crippen LogP contribution in [0.5, 0.6) is 0 Å². The minimum absolute atomic E-state index is 0.0906. The van der Waals surface area contributed by atoms with Crippen LogP contribution in [-0.2, 0) is 14.3 Å². The van der Waals surface area contributed by atoms with Crippen molar-refractivity contribution in [1.82, 2.24) is 0 Å². The minimum atomic E-state index is -0.939. The average Bonchev–Trinajstić information content (AvgIpc) is 2.68. The number of carbonyl (C=O) groups is 2. The summed E-state index contributed by atoms with van der Waals surface area (Å²) in [6.45, 7) is 7.59. The molecule has 1 aliphatic heterocycles. The van der Waals surface area contributed by atoms with Gasteiger partial charge in [0, 0.05) is 12.0 Å². The molecule has 29 heavy (non-hydrogen) atoms. The first-order valence-electron chi connectivity index (χ1n) is 10.6. The monoisotopic (exact) mass is 396 g/mol. The highest BCUT2D eigenvalue weighted by Crippen LogP contribution is 2.47. The van der Waals surface area contributed by atoms with E-state index in [4.69, 9.17) is 4.74 Å². The number of ether oxygens (including phenoxy) is 1. The van der Waals surface area contributed by atoms with Crippen molar-refractivity contribution >= 4 is 11.8 Å². The summed E-state index contributed by atoms with van der Waals surface area (Å²) in [4.78, 5) is 25.0. The van der Waals surface area contributed by atoms with Gasteiger partial charge >= 0.3 is 5.97 Å². The lowest BCUT2D eigenvalue weighted by molar-refractivity contribution is -0.152. The topological polar surface area (TPSA) is 63.6 Å². The van der Waals surface area contributed by atoms with Crippen LogP contribution in [0.4, 0.5) is 0 Å². The molecule has 3 rings (SSSR count). The molecule has 0 aromatic carbocycles. The van der Waals surface area contributed by atoms with Crippen molar-refractivity contribution in [3.8, 4) is 0 Å². The molecule has 2 aliphatic carbocycles. The summed E-state index contributed by atoms with van der Waals surface area (Å²) in [5.74, 6) is -1.07. The maximum absolute atomic E-state index is 12.7. The van der Waals surface area contributed by atoms with Gasteiger partial charge in [0.05, 0.1) is 5.76 Å². The first-order chi connectivity index (χ1) is 13.8. The molecule has 0 spiro atoms. The number of allylic oxidation sites excluding steroid dienone is 9. The number of aliphatic hydroxyl groups excluding tert-OH is 1. The van der Waals surface area contributed by atoms with Gasteiger partial charge in [-0.1, -0.05) is 49.0 Å². The zero-order valence-electron chi connectivity index (χ0n) is 17.7. The SMILES string of the molecule is CC1=CC[C@@H]2[C@H]3C(O)=CC(=O)[C@@H](C)C(=O)O[C@H](C)/C=C/C=C\[C@H](C)[C@H]3C=C[C@H]2C1. The fourth-order valence-corrected chi connectivity index (χ4v) is 4.73. The van der Waals surface area contributed by atoms with Crippen LogP contribution in [0.1, 0.15) is 40.5 Å². The van der Waals surface area contributed by atoms with Crippen LogP contribution in [0.15, 0.2) is 59.9 Å². The highest BCUT2D eigenvalue weighted by atomic mass is 16.5. The Morgan fingerprint density at radius 3 is 2.52 bits per heavy atom. The minimum Gasteiger partial charge on any atom is -0.512 e. The van der Waals surface area contributed by atoms with Crippen LogP contribution in [0.3, 0.4) is 0 Å². The molecule has 4 nitrogen and oxygen atoms in total. The molecule has 7 atom stereocenters. The van der Waals surface area contributed by atoms with E-state index in [0.717, 1.165) is 12.8 Å². The fourth-order valence-electron chi connectivity index (χ4n) is 4.73. The third-order valence-electron chi connectivity index (χ3n) is 6.53. The molecular formula is C25H32O4. The number of esters is 1. The predicted molar refractivity (Wildman–Crippen MR) is 114 cm³/mol. The molecule has 0 aromatic heterocycles. The van der Waals surface area contributed by atoms with Gasteiger partial charge in [-0.3, -0.25) is 9.59 Å². The summed E-state index contributed by atoms with van der Waals surface area (Å²) in [6, 6.07) is 0. The van der Waals surface area contributed by atoms with E-state index in [1.54, 1.807) is 13.0 Å². The second-order valence-electron chi connectivity index (χ2n) is 8.77. The van der Waals surface area contributed by atoms with Crippen molar-refractivity contribution in [3.63, 3.8) is 0 Å². The Bertz CT molecular complexity index is 798. The van der Waals surface area contributed by atoms with Gasteiger partial charge in [-0.05, 0) is 63.4 Å². The number of fused-ring (bicyclic) bond motifs is 3. The Labute approximate surface area is 173 Å². The number of hydrogen-bond acceptors (Lipinski definition) is 4. The predicted octanol–water partition coefficient (Wildman–Crippen LogP) is 5.10. The zero-order valence-corrected chi connectivity index (χ0v) is 17.7. The summed E-state index contributed by atoms with van der Waals surface area (Å²) in [6.07, 6.45) is 17.2. The van der Waals surface area contributed by atoms with Crippen molar-refractivity contribution in [2.75, 3.05) is 0 Å². The standard InChI is InChI=1S/C25H32O4/c1-15-9-11-21-19(13-15)10-12-20-16(2)7-5-6-8-17(3)29-25(28)18(4)22(26)14-23(27)24(20)21/h5-10,12,14,16-21,24,27H,11,13H2,1-4H3/b7-5-,8-6+,23-14?/t16-,17+,18+,19-,20+,21-,24-/m0/s1. The molecule has 1 N–H and O–H groups in total. The summed E-state index contributed by atoms with van der Waals surface area (Å²) >= 11 is 0.